The normalized spacial score (nSPS) is 14.3. The highest BCUT2D eigenvalue weighted by Gasteiger charge is 2.10. The number of halogens is 2. The molecule has 100 valence electrons. The van der Waals surface area contributed by atoms with Gasteiger partial charge in [0.15, 0.2) is 0 Å². The van der Waals surface area contributed by atoms with Gasteiger partial charge in [-0.15, -0.1) is 0 Å². The Morgan fingerprint density at radius 1 is 1.00 bits per heavy atom. The van der Waals surface area contributed by atoms with Gasteiger partial charge in [-0.1, -0.05) is 23.2 Å². The zero-order chi connectivity index (χ0) is 13.9. The predicted octanol–water partition coefficient (Wildman–Crippen LogP) is 3.56. The van der Waals surface area contributed by atoms with Crippen LogP contribution in [-0.4, -0.2) is 22.3 Å². The molecule has 0 radical (unpaired) electrons. The van der Waals surface area contributed by atoms with Crippen molar-refractivity contribution in [2.45, 2.75) is 0 Å². The summed E-state index contributed by atoms with van der Waals surface area (Å²) >= 11 is 11.8. The van der Waals surface area contributed by atoms with Gasteiger partial charge in [-0.3, -0.25) is 4.99 Å². The van der Waals surface area contributed by atoms with Crippen molar-refractivity contribution in [2.75, 3.05) is 11.6 Å². The van der Waals surface area contributed by atoms with E-state index < -0.39 is 0 Å². The molecule has 0 N–H and O–H groups in total. The molecule has 4 nitrogen and oxygen atoms in total. The summed E-state index contributed by atoms with van der Waals surface area (Å²) in [4.78, 5) is 14.4. The Morgan fingerprint density at radius 2 is 1.75 bits per heavy atom. The van der Waals surface area contributed by atoms with Crippen molar-refractivity contribution in [1.82, 2.24) is 9.97 Å². The van der Waals surface area contributed by atoms with Gasteiger partial charge in [-0.05, 0) is 30.3 Å². The van der Waals surface area contributed by atoms with E-state index in [4.69, 9.17) is 23.2 Å². The lowest BCUT2D eigenvalue weighted by atomic mass is 10.1. The minimum absolute atomic E-state index is 0.460. The fourth-order valence-electron chi connectivity index (χ4n) is 1.90. The van der Waals surface area contributed by atoms with Crippen LogP contribution in [0.1, 0.15) is 5.56 Å². The van der Waals surface area contributed by atoms with Gasteiger partial charge in [-0.2, -0.15) is 0 Å². The van der Waals surface area contributed by atoms with Crippen LogP contribution >= 0.6 is 23.2 Å². The number of aliphatic imine (C=N–C) groups is 1. The number of rotatable bonds is 2. The van der Waals surface area contributed by atoms with Crippen molar-refractivity contribution < 1.29 is 0 Å². The van der Waals surface area contributed by atoms with E-state index in [9.17, 15) is 0 Å². The standard InChI is InChI=1S/C14H10Cl2N4/c15-13-7-10(1-4-17-13)12-3-6-20(9-19-12)11-2-5-18-14(16)8-11/h1-8H,9H2. The quantitative estimate of drug-likeness (QED) is 0.797. The Morgan fingerprint density at radius 3 is 2.40 bits per heavy atom. The highest BCUT2D eigenvalue weighted by atomic mass is 35.5. The topological polar surface area (TPSA) is 41.4 Å². The molecule has 0 saturated carbocycles. The van der Waals surface area contributed by atoms with E-state index in [-0.39, 0.29) is 0 Å². The Balaban J connectivity index is 1.81. The number of pyridine rings is 2. The molecule has 0 saturated heterocycles. The van der Waals surface area contributed by atoms with Gasteiger partial charge in [0.05, 0.1) is 5.71 Å². The largest absolute Gasteiger partial charge is 0.328 e. The summed E-state index contributed by atoms with van der Waals surface area (Å²) in [7, 11) is 0. The van der Waals surface area contributed by atoms with E-state index in [1.54, 1.807) is 24.5 Å². The van der Waals surface area contributed by atoms with E-state index in [1.807, 2.05) is 29.3 Å². The molecule has 2 aromatic rings. The van der Waals surface area contributed by atoms with Crippen LogP contribution in [0.25, 0.3) is 0 Å². The number of hydrogen-bond acceptors (Lipinski definition) is 4. The van der Waals surface area contributed by atoms with Crippen molar-refractivity contribution >= 4 is 34.6 Å². The maximum atomic E-state index is 5.89. The Hall–Kier alpha value is -1.91. The van der Waals surface area contributed by atoms with E-state index in [2.05, 4.69) is 15.0 Å². The molecule has 6 heteroatoms. The van der Waals surface area contributed by atoms with Crippen LogP contribution < -0.4 is 4.90 Å². The summed E-state index contributed by atoms with van der Waals surface area (Å²) in [5.41, 5.74) is 2.79. The smallest absolute Gasteiger partial charge is 0.131 e. The molecule has 0 aromatic carbocycles. The summed E-state index contributed by atoms with van der Waals surface area (Å²) in [5, 5.41) is 0.925. The average molecular weight is 305 g/mol. The third-order valence-corrected chi connectivity index (χ3v) is 3.28. The van der Waals surface area contributed by atoms with Gasteiger partial charge in [0.2, 0.25) is 0 Å². The van der Waals surface area contributed by atoms with Crippen LogP contribution in [0.5, 0.6) is 0 Å². The molecular formula is C14H10Cl2N4. The van der Waals surface area contributed by atoms with Crippen LogP contribution in [0, 0.1) is 0 Å². The number of nitrogens with zero attached hydrogens (tertiary/aromatic N) is 4. The third kappa shape index (κ3) is 2.81. The second-order valence-corrected chi connectivity index (χ2v) is 4.95. The van der Waals surface area contributed by atoms with Crippen molar-refractivity contribution in [3.8, 4) is 0 Å². The van der Waals surface area contributed by atoms with Gasteiger partial charge < -0.3 is 4.90 Å². The minimum Gasteiger partial charge on any atom is -0.328 e. The number of allylic oxidation sites excluding steroid dienone is 1. The molecule has 0 unspecified atom stereocenters. The first-order valence-corrected chi connectivity index (χ1v) is 6.71. The first-order chi connectivity index (χ1) is 9.72. The zero-order valence-corrected chi connectivity index (χ0v) is 11.9. The van der Waals surface area contributed by atoms with E-state index in [1.165, 1.54) is 0 Å². The van der Waals surface area contributed by atoms with Crippen LogP contribution in [0.2, 0.25) is 10.3 Å². The van der Waals surface area contributed by atoms with Crippen molar-refractivity contribution in [1.29, 1.82) is 0 Å². The maximum absolute atomic E-state index is 5.89. The van der Waals surface area contributed by atoms with Crippen LogP contribution in [0.3, 0.4) is 0 Å². The molecular weight excluding hydrogens is 295 g/mol. The minimum atomic E-state index is 0.460. The highest BCUT2D eigenvalue weighted by Crippen LogP contribution is 2.20. The average Bonchev–Trinajstić information content (AvgIpc) is 2.47. The molecule has 0 atom stereocenters. The van der Waals surface area contributed by atoms with Gasteiger partial charge >= 0.3 is 0 Å². The summed E-state index contributed by atoms with van der Waals surface area (Å²) < 4.78 is 0. The van der Waals surface area contributed by atoms with E-state index >= 15 is 0 Å². The lowest BCUT2D eigenvalue weighted by Crippen LogP contribution is -2.21. The lowest BCUT2D eigenvalue weighted by Gasteiger charge is -2.22. The Labute approximate surface area is 126 Å². The fraction of sp³-hybridized carbons (Fsp3) is 0.0714. The Bertz CT molecular complexity index is 697. The molecule has 3 heterocycles. The van der Waals surface area contributed by atoms with Gasteiger partial charge in [0, 0.05) is 29.8 Å². The van der Waals surface area contributed by atoms with Crippen molar-refractivity contribution in [2.24, 2.45) is 4.99 Å². The summed E-state index contributed by atoms with van der Waals surface area (Å²) in [6.07, 6.45) is 7.24. The second-order valence-electron chi connectivity index (χ2n) is 4.17. The SMILES string of the molecule is Clc1cc(C2=NCN(c3ccnc(Cl)c3)C=C2)ccn1. The molecule has 20 heavy (non-hydrogen) atoms. The maximum Gasteiger partial charge on any atom is 0.131 e. The summed E-state index contributed by atoms with van der Waals surface area (Å²) in [6, 6.07) is 7.37. The van der Waals surface area contributed by atoms with Gasteiger partial charge in [0.1, 0.15) is 17.0 Å². The molecule has 0 amide bonds. The fourth-order valence-corrected chi connectivity index (χ4v) is 2.24. The van der Waals surface area contributed by atoms with Crippen LogP contribution in [0.4, 0.5) is 5.69 Å². The molecule has 3 rings (SSSR count). The molecule has 0 bridgehead atoms. The molecule has 0 spiro atoms. The summed E-state index contributed by atoms with van der Waals surface area (Å²) in [5.74, 6) is 0. The van der Waals surface area contributed by atoms with Gasteiger partial charge in [-0.25, -0.2) is 9.97 Å². The predicted molar refractivity (Wildman–Crippen MR) is 81.5 cm³/mol. The zero-order valence-electron chi connectivity index (χ0n) is 10.4. The molecule has 0 fully saturated rings. The van der Waals surface area contributed by atoms with Crippen LogP contribution in [0.15, 0.2) is 53.9 Å². The van der Waals surface area contributed by atoms with Crippen molar-refractivity contribution in [3.63, 3.8) is 0 Å². The number of anilines is 1. The van der Waals surface area contributed by atoms with E-state index in [0.29, 0.717) is 17.0 Å². The van der Waals surface area contributed by atoms with Gasteiger partial charge in [0.25, 0.3) is 0 Å². The number of hydrogen-bond donors (Lipinski definition) is 0. The first kappa shape index (κ1) is 13.1. The number of aromatic nitrogens is 2. The molecule has 1 aliphatic rings. The molecule has 2 aromatic heterocycles. The second kappa shape index (κ2) is 5.61. The lowest BCUT2D eigenvalue weighted by molar-refractivity contribution is 0.961. The third-order valence-electron chi connectivity index (χ3n) is 2.87. The highest BCUT2D eigenvalue weighted by molar-refractivity contribution is 6.30. The monoisotopic (exact) mass is 304 g/mol. The Kier molecular flexibility index (Phi) is 3.67. The van der Waals surface area contributed by atoms with Crippen LogP contribution in [-0.2, 0) is 0 Å². The first-order valence-electron chi connectivity index (χ1n) is 5.95. The van der Waals surface area contributed by atoms with Crippen molar-refractivity contribution in [3.05, 3.63) is 64.8 Å². The summed E-state index contributed by atoms with van der Waals surface area (Å²) in [6.45, 7) is 0.520. The van der Waals surface area contributed by atoms with E-state index in [0.717, 1.165) is 17.0 Å². The molecule has 0 aliphatic carbocycles. The molecule has 1 aliphatic heterocycles.